The normalized spacial score (nSPS) is 24.7. The molecule has 0 spiro atoms. The van der Waals surface area contributed by atoms with Crippen LogP contribution >= 0.6 is 0 Å². The van der Waals surface area contributed by atoms with Crippen LogP contribution in [0.4, 0.5) is 0 Å². The SMILES string of the molecule is COC1(CC2(c3ccccc3)CCCC2)CNC1. The lowest BCUT2D eigenvalue weighted by atomic mass is 9.69. The predicted octanol–water partition coefficient (Wildman–Crippen LogP) is 2.88. The summed E-state index contributed by atoms with van der Waals surface area (Å²) in [7, 11) is 1.87. The summed E-state index contributed by atoms with van der Waals surface area (Å²) in [6.07, 6.45) is 6.54. The van der Waals surface area contributed by atoms with Gasteiger partial charge in [0.2, 0.25) is 0 Å². The Balaban J connectivity index is 1.88. The number of nitrogens with one attached hydrogen (secondary N) is 1. The van der Waals surface area contributed by atoms with Gasteiger partial charge in [0, 0.05) is 20.2 Å². The molecule has 0 amide bonds. The molecule has 1 N–H and O–H groups in total. The van der Waals surface area contributed by atoms with E-state index in [4.69, 9.17) is 4.74 Å². The maximum absolute atomic E-state index is 5.82. The third-order valence-corrected chi connectivity index (χ3v) is 4.93. The van der Waals surface area contributed by atoms with Crippen LogP contribution in [-0.2, 0) is 10.2 Å². The Kier molecular flexibility index (Phi) is 3.16. The van der Waals surface area contributed by atoms with E-state index in [0.717, 1.165) is 13.1 Å². The van der Waals surface area contributed by atoms with Crippen molar-refractivity contribution >= 4 is 0 Å². The molecule has 0 atom stereocenters. The van der Waals surface area contributed by atoms with E-state index in [1.807, 2.05) is 7.11 Å². The lowest BCUT2D eigenvalue weighted by Crippen LogP contribution is -2.62. The molecule has 2 aliphatic rings. The van der Waals surface area contributed by atoms with Crippen molar-refractivity contribution in [3.8, 4) is 0 Å². The Bertz CT molecular complexity index is 385. The molecule has 0 bridgehead atoms. The lowest BCUT2D eigenvalue weighted by molar-refractivity contribution is -0.0721. The van der Waals surface area contributed by atoms with Crippen molar-refractivity contribution in [3.63, 3.8) is 0 Å². The van der Waals surface area contributed by atoms with Crippen molar-refractivity contribution in [1.82, 2.24) is 5.32 Å². The van der Waals surface area contributed by atoms with Crippen LogP contribution < -0.4 is 5.32 Å². The maximum Gasteiger partial charge on any atom is 0.0934 e. The highest BCUT2D eigenvalue weighted by Crippen LogP contribution is 2.47. The van der Waals surface area contributed by atoms with E-state index in [-0.39, 0.29) is 5.60 Å². The first-order valence-corrected chi connectivity index (χ1v) is 7.10. The minimum atomic E-state index is 0.0835. The van der Waals surface area contributed by atoms with Gasteiger partial charge in [-0.05, 0) is 30.2 Å². The van der Waals surface area contributed by atoms with E-state index < -0.39 is 0 Å². The first kappa shape index (κ1) is 12.2. The average molecular weight is 245 g/mol. The van der Waals surface area contributed by atoms with Gasteiger partial charge in [-0.15, -0.1) is 0 Å². The topological polar surface area (TPSA) is 21.3 Å². The molecule has 1 heterocycles. The summed E-state index contributed by atoms with van der Waals surface area (Å²) < 4.78 is 5.82. The van der Waals surface area contributed by atoms with Crippen molar-refractivity contribution in [2.45, 2.75) is 43.1 Å². The fraction of sp³-hybridized carbons (Fsp3) is 0.625. The van der Waals surface area contributed by atoms with Crippen molar-refractivity contribution in [3.05, 3.63) is 35.9 Å². The maximum atomic E-state index is 5.82. The molecule has 2 heteroatoms. The highest BCUT2D eigenvalue weighted by atomic mass is 16.5. The molecule has 0 aromatic heterocycles. The zero-order chi connectivity index (χ0) is 12.5. The Morgan fingerprint density at radius 1 is 1.11 bits per heavy atom. The molecular formula is C16H23NO. The minimum Gasteiger partial charge on any atom is -0.376 e. The predicted molar refractivity (Wildman–Crippen MR) is 73.8 cm³/mol. The van der Waals surface area contributed by atoms with Crippen LogP contribution in [0.1, 0.15) is 37.7 Å². The van der Waals surface area contributed by atoms with E-state index in [1.165, 1.54) is 37.7 Å². The molecule has 1 saturated carbocycles. The molecule has 3 rings (SSSR count). The monoisotopic (exact) mass is 245 g/mol. The second-order valence-corrected chi connectivity index (χ2v) is 6.02. The average Bonchev–Trinajstić information content (AvgIpc) is 2.85. The summed E-state index contributed by atoms with van der Waals surface area (Å²) in [4.78, 5) is 0. The first-order valence-electron chi connectivity index (χ1n) is 7.10. The summed E-state index contributed by atoms with van der Waals surface area (Å²) in [5.74, 6) is 0. The first-order chi connectivity index (χ1) is 8.79. The molecule has 1 aromatic carbocycles. The molecule has 0 radical (unpaired) electrons. The standard InChI is InChI=1S/C16H23NO/c1-18-16(12-17-13-16)11-15(9-5-6-10-15)14-7-3-2-4-8-14/h2-4,7-8,17H,5-6,9-13H2,1H3. The minimum absolute atomic E-state index is 0.0835. The van der Waals surface area contributed by atoms with Crippen molar-refractivity contribution in [2.75, 3.05) is 20.2 Å². The fourth-order valence-corrected chi connectivity index (χ4v) is 3.77. The van der Waals surface area contributed by atoms with Crippen molar-refractivity contribution < 1.29 is 4.74 Å². The van der Waals surface area contributed by atoms with Crippen molar-refractivity contribution in [2.24, 2.45) is 0 Å². The van der Waals surface area contributed by atoms with Crippen LogP contribution in [0.3, 0.4) is 0 Å². The van der Waals surface area contributed by atoms with E-state index in [1.54, 1.807) is 0 Å². The van der Waals surface area contributed by atoms with Gasteiger partial charge >= 0.3 is 0 Å². The van der Waals surface area contributed by atoms with Gasteiger partial charge in [-0.3, -0.25) is 0 Å². The summed E-state index contributed by atoms with van der Waals surface area (Å²) in [5.41, 5.74) is 1.96. The zero-order valence-corrected chi connectivity index (χ0v) is 11.2. The van der Waals surface area contributed by atoms with Gasteiger partial charge in [-0.2, -0.15) is 0 Å². The molecule has 0 unspecified atom stereocenters. The molecule has 2 fully saturated rings. The lowest BCUT2D eigenvalue weighted by Gasteiger charge is -2.47. The van der Waals surface area contributed by atoms with Crippen LogP contribution in [0.15, 0.2) is 30.3 Å². The fourth-order valence-electron chi connectivity index (χ4n) is 3.77. The van der Waals surface area contributed by atoms with Crippen LogP contribution in [0.25, 0.3) is 0 Å². The molecule has 1 aliphatic carbocycles. The highest BCUT2D eigenvalue weighted by Gasteiger charge is 2.47. The van der Waals surface area contributed by atoms with Crippen LogP contribution in [0.5, 0.6) is 0 Å². The zero-order valence-electron chi connectivity index (χ0n) is 11.2. The molecule has 98 valence electrons. The van der Waals surface area contributed by atoms with E-state index >= 15 is 0 Å². The smallest absolute Gasteiger partial charge is 0.0934 e. The van der Waals surface area contributed by atoms with E-state index in [2.05, 4.69) is 35.6 Å². The summed E-state index contributed by atoms with van der Waals surface area (Å²) in [6, 6.07) is 11.1. The van der Waals surface area contributed by atoms with Gasteiger partial charge in [-0.25, -0.2) is 0 Å². The third kappa shape index (κ3) is 1.98. The Hall–Kier alpha value is -0.860. The Labute approximate surface area is 110 Å². The van der Waals surface area contributed by atoms with E-state index in [9.17, 15) is 0 Å². The number of rotatable bonds is 4. The van der Waals surface area contributed by atoms with Crippen molar-refractivity contribution in [1.29, 1.82) is 0 Å². The molecule has 1 saturated heterocycles. The largest absolute Gasteiger partial charge is 0.376 e. The number of hydrogen-bond acceptors (Lipinski definition) is 2. The second kappa shape index (κ2) is 4.67. The number of ether oxygens (including phenoxy) is 1. The van der Waals surface area contributed by atoms with Gasteiger partial charge in [0.1, 0.15) is 0 Å². The van der Waals surface area contributed by atoms with Gasteiger partial charge in [0.05, 0.1) is 5.60 Å². The third-order valence-electron chi connectivity index (χ3n) is 4.93. The Morgan fingerprint density at radius 3 is 2.28 bits per heavy atom. The van der Waals surface area contributed by atoms with Gasteiger partial charge in [-0.1, -0.05) is 43.2 Å². The molecule has 1 aliphatic heterocycles. The summed E-state index contributed by atoms with van der Waals surface area (Å²) in [6.45, 7) is 2.02. The second-order valence-electron chi connectivity index (χ2n) is 6.02. The van der Waals surface area contributed by atoms with E-state index in [0.29, 0.717) is 5.41 Å². The summed E-state index contributed by atoms with van der Waals surface area (Å²) >= 11 is 0. The van der Waals surface area contributed by atoms with Gasteiger partial charge < -0.3 is 10.1 Å². The number of hydrogen-bond donors (Lipinski definition) is 1. The van der Waals surface area contributed by atoms with Crippen LogP contribution in [0, 0.1) is 0 Å². The van der Waals surface area contributed by atoms with Gasteiger partial charge in [0.25, 0.3) is 0 Å². The van der Waals surface area contributed by atoms with Crippen LogP contribution in [0.2, 0.25) is 0 Å². The molecule has 18 heavy (non-hydrogen) atoms. The van der Waals surface area contributed by atoms with Crippen LogP contribution in [-0.4, -0.2) is 25.8 Å². The number of benzene rings is 1. The van der Waals surface area contributed by atoms with Gasteiger partial charge in [0.15, 0.2) is 0 Å². The Morgan fingerprint density at radius 2 is 1.78 bits per heavy atom. The number of methoxy groups -OCH3 is 1. The quantitative estimate of drug-likeness (QED) is 0.880. The summed E-state index contributed by atoms with van der Waals surface area (Å²) in [5, 5.41) is 3.37. The molecule has 1 aromatic rings. The molecule has 2 nitrogen and oxygen atoms in total. The molecular weight excluding hydrogens is 222 g/mol. The highest BCUT2D eigenvalue weighted by molar-refractivity contribution is 5.28.